The van der Waals surface area contributed by atoms with Gasteiger partial charge >= 0.3 is 0 Å². The van der Waals surface area contributed by atoms with E-state index in [1.54, 1.807) is 0 Å². The first-order valence-electron chi connectivity index (χ1n) is 4.46. The molecule has 1 aliphatic rings. The van der Waals surface area contributed by atoms with Crippen LogP contribution in [0.15, 0.2) is 6.20 Å². The lowest BCUT2D eigenvalue weighted by atomic mass is 10.4. The summed E-state index contributed by atoms with van der Waals surface area (Å²) in [5.74, 6) is 1.06. The Balaban J connectivity index is 0.000000336. The van der Waals surface area contributed by atoms with Gasteiger partial charge in [0, 0.05) is 18.4 Å². The number of imidazole rings is 1. The standard InChI is InChI=1S/C7H10N2O.C2H6/c1-6-4-8-7-5-10-3-2-9(6)7;1-2/h4H,2-3,5H2,1H3;1-2H3. The van der Waals surface area contributed by atoms with Crippen molar-refractivity contribution in [2.45, 2.75) is 33.9 Å². The lowest BCUT2D eigenvalue weighted by molar-refractivity contribution is 0.0809. The molecule has 1 aromatic rings. The molecule has 0 unspecified atom stereocenters. The van der Waals surface area contributed by atoms with Crippen molar-refractivity contribution in [1.82, 2.24) is 9.55 Å². The quantitative estimate of drug-likeness (QED) is 0.590. The van der Waals surface area contributed by atoms with Gasteiger partial charge in [-0.3, -0.25) is 0 Å². The number of hydrogen-bond acceptors (Lipinski definition) is 2. The van der Waals surface area contributed by atoms with Gasteiger partial charge in [-0.25, -0.2) is 4.98 Å². The highest BCUT2D eigenvalue weighted by Crippen LogP contribution is 2.09. The summed E-state index contributed by atoms with van der Waals surface area (Å²) in [7, 11) is 0. The first-order valence-corrected chi connectivity index (χ1v) is 4.46. The number of fused-ring (bicyclic) bond motifs is 1. The van der Waals surface area contributed by atoms with Crippen molar-refractivity contribution in [3.05, 3.63) is 17.7 Å². The molecule has 0 aliphatic carbocycles. The van der Waals surface area contributed by atoms with E-state index in [2.05, 4.69) is 16.5 Å². The minimum Gasteiger partial charge on any atom is -0.372 e. The number of aryl methyl sites for hydroxylation is 1. The van der Waals surface area contributed by atoms with Crippen LogP contribution in [0.1, 0.15) is 25.4 Å². The molecule has 0 bridgehead atoms. The van der Waals surface area contributed by atoms with Crippen LogP contribution in [0.3, 0.4) is 0 Å². The van der Waals surface area contributed by atoms with Crippen molar-refractivity contribution in [3.63, 3.8) is 0 Å². The Kier molecular flexibility index (Phi) is 3.29. The fraction of sp³-hybridized carbons (Fsp3) is 0.667. The summed E-state index contributed by atoms with van der Waals surface area (Å²) < 4.78 is 7.42. The van der Waals surface area contributed by atoms with Gasteiger partial charge in [0.05, 0.1) is 6.61 Å². The molecule has 1 aromatic heterocycles. The molecule has 0 N–H and O–H groups in total. The van der Waals surface area contributed by atoms with Crippen LogP contribution in [0.25, 0.3) is 0 Å². The second-order valence-electron chi connectivity index (χ2n) is 2.52. The van der Waals surface area contributed by atoms with Gasteiger partial charge in [0.1, 0.15) is 12.4 Å². The predicted molar refractivity (Wildman–Crippen MR) is 48.0 cm³/mol. The Morgan fingerprint density at radius 1 is 1.50 bits per heavy atom. The van der Waals surface area contributed by atoms with Crippen molar-refractivity contribution >= 4 is 0 Å². The molecule has 2 heterocycles. The number of aromatic nitrogens is 2. The van der Waals surface area contributed by atoms with Crippen LogP contribution in [0, 0.1) is 6.92 Å². The molecule has 0 saturated heterocycles. The fourth-order valence-corrected chi connectivity index (χ4v) is 1.25. The second kappa shape index (κ2) is 4.26. The lowest BCUT2D eigenvalue weighted by Crippen LogP contribution is -2.17. The number of hydrogen-bond donors (Lipinski definition) is 0. The third-order valence-electron chi connectivity index (χ3n) is 1.83. The van der Waals surface area contributed by atoms with Crippen molar-refractivity contribution in [2.24, 2.45) is 0 Å². The summed E-state index contributed by atoms with van der Waals surface area (Å²) in [4.78, 5) is 4.19. The second-order valence-corrected chi connectivity index (χ2v) is 2.52. The largest absolute Gasteiger partial charge is 0.372 e. The zero-order valence-corrected chi connectivity index (χ0v) is 8.00. The Morgan fingerprint density at radius 3 is 2.92 bits per heavy atom. The average molecular weight is 168 g/mol. The minimum atomic E-state index is 0.674. The number of ether oxygens (including phenoxy) is 1. The SMILES string of the molecule is CC.Cc1cnc2n1CCOC2. The van der Waals surface area contributed by atoms with Crippen LogP contribution >= 0.6 is 0 Å². The molecule has 3 nitrogen and oxygen atoms in total. The fourth-order valence-electron chi connectivity index (χ4n) is 1.25. The number of nitrogens with zero attached hydrogens (tertiary/aromatic N) is 2. The van der Waals surface area contributed by atoms with E-state index >= 15 is 0 Å². The molecule has 0 aromatic carbocycles. The zero-order valence-electron chi connectivity index (χ0n) is 8.00. The molecule has 0 atom stereocenters. The van der Waals surface area contributed by atoms with E-state index in [4.69, 9.17) is 4.74 Å². The van der Waals surface area contributed by atoms with Crippen molar-refractivity contribution in [3.8, 4) is 0 Å². The molecule has 3 heteroatoms. The Bertz CT molecular complexity index is 243. The topological polar surface area (TPSA) is 27.1 Å². The summed E-state index contributed by atoms with van der Waals surface area (Å²) in [5.41, 5.74) is 1.23. The van der Waals surface area contributed by atoms with E-state index in [0.717, 1.165) is 19.0 Å². The van der Waals surface area contributed by atoms with Crippen LogP contribution in [-0.4, -0.2) is 16.2 Å². The molecular formula is C9H16N2O. The molecular weight excluding hydrogens is 152 g/mol. The normalized spacial score (nSPS) is 14.6. The van der Waals surface area contributed by atoms with Crippen LogP contribution < -0.4 is 0 Å². The number of rotatable bonds is 0. The van der Waals surface area contributed by atoms with E-state index in [1.165, 1.54) is 5.69 Å². The van der Waals surface area contributed by atoms with Gasteiger partial charge < -0.3 is 9.30 Å². The molecule has 0 saturated carbocycles. The van der Waals surface area contributed by atoms with Gasteiger partial charge in [0.2, 0.25) is 0 Å². The Labute approximate surface area is 73.4 Å². The highest BCUT2D eigenvalue weighted by atomic mass is 16.5. The maximum atomic E-state index is 5.23. The third kappa shape index (κ3) is 1.67. The van der Waals surface area contributed by atoms with Crippen molar-refractivity contribution < 1.29 is 4.74 Å². The Hall–Kier alpha value is -0.830. The lowest BCUT2D eigenvalue weighted by Gasteiger charge is -2.15. The van der Waals surface area contributed by atoms with E-state index in [1.807, 2.05) is 20.0 Å². The monoisotopic (exact) mass is 168 g/mol. The van der Waals surface area contributed by atoms with Gasteiger partial charge in [-0.1, -0.05) is 13.8 Å². The molecule has 12 heavy (non-hydrogen) atoms. The summed E-state index contributed by atoms with van der Waals surface area (Å²) in [6, 6.07) is 0. The highest BCUT2D eigenvalue weighted by Gasteiger charge is 2.10. The maximum absolute atomic E-state index is 5.23. The maximum Gasteiger partial charge on any atom is 0.135 e. The summed E-state index contributed by atoms with van der Waals surface area (Å²) >= 11 is 0. The van der Waals surface area contributed by atoms with E-state index in [-0.39, 0.29) is 0 Å². The minimum absolute atomic E-state index is 0.674. The van der Waals surface area contributed by atoms with E-state index < -0.39 is 0 Å². The van der Waals surface area contributed by atoms with Crippen LogP contribution in [0.2, 0.25) is 0 Å². The predicted octanol–water partition coefficient (Wildman–Crippen LogP) is 1.75. The van der Waals surface area contributed by atoms with Crippen LogP contribution in [0.5, 0.6) is 0 Å². The molecule has 0 fully saturated rings. The third-order valence-corrected chi connectivity index (χ3v) is 1.83. The van der Waals surface area contributed by atoms with Gasteiger partial charge in [0.15, 0.2) is 0 Å². The van der Waals surface area contributed by atoms with Crippen LogP contribution in [0.4, 0.5) is 0 Å². The summed E-state index contributed by atoms with van der Waals surface area (Å²) in [6.07, 6.45) is 1.89. The van der Waals surface area contributed by atoms with Crippen molar-refractivity contribution in [1.29, 1.82) is 0 Å². The zero-order chi connectivity index (χ0) is 8.97. The summed E-state index contributed by atoms with van der Waals surface area (Å²) in [5, 5.41) is 0. The van der Waals surface area contributed by atoms with Crippen molar-refractivity contribution in [2.75, 3.05) is 6.61 Å². The molecule has 2 rings (SSSR count). The molecule has 0 radical (unpaired) electrons. The first-order chi connectivity index (χ1) is 5.88. The first kappa shape index (κ1) is 9.26. The van der Waals surface area contributed by atoms with Gasteiger partial charge in [-0.05, 0) is 6.92 Å². The molecule has 1 aliphatic heterocycles. The molecule has 0 spiro atoms. The highest BCUT2D eigenvalue weighted by molar-refractivity contribution is 5.03. The summed E-state index contributed by atoms with van der Waals surface area (Å²) in [6.45, 7) is 8.53. The van der Waals surface area contributed by atoms with E-state index in [9.17, 15) is 0 Å². The average Bonchev–Trinajstić information content (AvgIpc) is 2.53. The smallest absolute Gasteiger partial charge is 0.135 e. The van der Waals surface area contributed by atoms with E-state index in [0.29, 0.717) is 6.61 Å². The van der Waals surface area contributed by atoms with Gasteiger partial charge in [-0.2, -0.15) is 0 Å². The van der Waals surface area contributed by atoms with Crippen LogP contribution in [-0.2, 0) is 17.9 Å². The van der Waals surface area contributed by atoms with Gasteiger partial charge in [-0.15, -0.1) is 0 Å². The Morgan fingerprint density at radius 2 is 2.25 bits per heavy atom. The molecule has 68 valence electrons. The molecule has 0 amide bonds. The van der Waals surface area contributed by atoms with Gasteiger partial charge in [0.25, 0.3) is 0 Å².